The molecule has 4 atom stereocenters. The van der Waals surface area contributed by atoms with Gasteiger partial charge in [0, 0.05) is 24.8 Å². The summed E-state index contributed by atoms with van der Waals surface area (Å²) < 4.78 is 8.19. The molecule has 1 heterocycles. The molecule has 2 rings (SSSR count). The molecule has 0 bridgehead atoms. The number of hydrogen-bond acceptors (Lipinski definition) is 3. The lowest BCUT2D eigenvalue weighted by atomic mass is 9.71. The van der Waals surface area contributed by atoms with Gasteiger partial charge in [0.25, 0.3) is 0 Å². The number of nitrogens with two attached hydrogens (primary N) is 1. The molecular formula is C16H29N3O. The Kier molecular flexibility index (Phi) is 4.55. The number of ether oxygens (including phenoxy) is 1. The second-order valence-corrected chi connectivity index (χ2v) is 7.40. The van der Waals surface area contributed by atoms with Crippen LogP contribution in [0.15, 0.2) is 12.4 Å². The van der Waals surface area contributed by atoms with Crippen LogP contribution in [0.2, 0.25) is 0 Å². The predicted octanol–water partition coefficient (Wildman–Crippen LogP) is 3.04. The Balaban J connectivity index is 2.08. The van der Waals surface area contributed by atoms with Gasteiger partial charge in [0.2, 0.25) is 0 Å². The minimum atomic E-state index is -0.0604. The van der Waals surface area contributed by atoms with E-state index in [2.05, 4.69) is 25.9 Å². The molecule has 1 aromatic rings. The van der Waals surface area contributed by atoms with Crippen molar-refractivity contribution >= 4 is 0 Å². The van der Waals surface area contributed by atoms with Crippen molar-refractivity contribution in [2.45, 2.75) is 65.2 Å². The van der Waals surface area contributed by atoms with Gasteiger partial charge in [-0.3, -0.25) is 4.68 Å². The standard InChI is InChI=1S/C16H29N3O/c1-11-6-14(8-16(3,4)7-11)20-15(12(2)17)13-9-18-19(5)10-13/h9-12,14-15H,6-8,17H2,1-5H3. The van der Waals surface area contributed by atoms with Crippen LogP contribution in [0, 0.1) is 11.3 Å². The smallest absolute Gasteiger partial charge is 0.101 e. The number of hydrogen-bond donors (Lipinski definition) is 1. The van der Waals surface area contributed by atoms with Crippen molar-refractivity contribution in [3.63, 3.8) is 0 Å². The molecule has 0 amide bonds. The lowest BCUT2D eigenvalue weighted by Crippen LogP contribution is -2.36. The first-order valence-electron chi connectivity index (χ1n) is 7.66. The van der Waals surface area contributed by atoms with Crippen LogP contribution in [0.25, 0.3) is 0 Å². The Morgan fingerprint density at radius 3 is 2.65 bits per heavy atom. The molecule has 0 aromatic carbocycles. The summed E-state index contributed by atoms with van der Waals surface area (Å²) in [6.07, 6.45) is 7.63. The minimum absolute atomic E-state index is 0.0282. The lowest BCUT2D eigenvalue weighted by molar-refractivity contribution is -0.0738. The fourth-order valence-corrected chi connectivity index (χ4v) is 3.66. The van der Waals surface area contributed by atoms with E-state index in [0.717, 1.165) is 18.4 Å². The summed E-state index contributed by atoms with van der Waals surface area (Å²) in [5, 5.41) is 4.24. The fraction of sp³-hybridized carbons (Fsp3) is 0.812. The summed E-state index contributed by atoms with van der Waals surface area (Å²) in [6.45, 7) is 9.01. The van der Waals surface area contributed by atoms with Crippen molar-refractivity contribution in [3.8, 4) is 0 Å². The average Bonchev–Trinajstić information content (AvgIpc) is 2.69. The number of nitrogens with zero attached hydrogens (tertiary/aromatic N) is 2. The zero-order valence-corrected chi connectivity index (χ0v) is 13.5. The Morgan fingerprint density at radius 1 is 1.45 bits per heavy atom. The second-order valence-electron chi connectivity index (χ2n) is 7.40. The molecular weight excluding hydrogens is 250 g/mol. The molecule has 20 heavy (non-hydrogen) atoms. The van der Waals surface area contributed by atoms with Crippen molar-refractivity contribution < 1.29 is 4.74 Å². The Labute approximate surface area is 122 Å². The predicted molar refractivity (Wildman–Crippen MR) is 81.3 cm³/mol. The topological polar surface area (TPSA) is 53.1 Å². The highest BCUT2D eigenvalue weighted by Gasteiger charge is 2.34. The van der Waals surface area contributed by atoms with Crippen molar-refractivity contribution in [2.24, 2.45) is 24.1 Å². The van der Waals surface area contributed by atoms with Crippen LogP contribution >= 0.6 is 0 Å². The highest BCUT2D eigenvalue weighted by Crippen LogP contribution is 2.41. The molecule has 0 saturated heterocycles. The summed E-state index contributed by atoms with van der Waals surface area (Å²) in [5.74, 6) is 0.714. The average molecular weight is 279 g/mol. The van der Waals surface area contributed by atoms with Crippen LogP contribution in [-0.2, 0) is 11.8 Å². The summed E-state index contributed by atoms with van der Waals surface area (Å²) in [4.78, 5) is 0. The monoisotopic (exact) mass is 279 g/mol. The van der Waals surface area contributed by atoms with Gasteiger partial charge in [0.1, 0.15) is 6.10 Å². The molecule has 1 aliphatic rings. The molecule has 4 unspecified atom stereocenters. The molecule has 1 aliphatic carbocycles. The fourth-order valence-electron chi connectivity index (χ4n) is 3.66. The highest BCUT2D eigenvalue weighted by molar-refractivity contribution is 5.10. The molecule has 1 aromatic heterocycles. The Hall–Kier alpha value is -0.870. The van der Waals surface area contributed by atoms with Crippen LogP contribution in [0.3, 0.4) is 0 Å². The normalized spacial score (nSPS) is 29.1. The third-order valence-electron chi connectivity index (χ3n) is 4.22. The molecule has 4 nitrogen and oxygen atoms in total. The van der Waals surface area contributed by atoms with Gasteiger partial charge in [-0.1, -0.05) is 20.8 Å². The lowest BCUT2D eigenvalue weighted by Gasteiger charge is -2.40. The van der Waals surface area contributed by atoms with E-state index in [0.29, 0.717) is 17.4 Å². The Morgan fingerprint density at radius 2 is 2.15 bits per heavy atom. The van der Waals surface area contributed by atoms with Gasteiger partial charge in [-0.25, -0.2) is 0 Å². The van der Waals surface area contributed by atoms with Gasteiger partial charge in [0.15, 0.2) is 0 Å². The first-order valence-corrected chi connectivity index (χ1v) is 7.66. The molecule has 2 N–H and O–H groups in total. The van der Waals surface area contributed by atoms with Crippen molar-refractivity contribution in [1.29, 1.82) is 0 Å². The van der Waals surface area contributed by atoms with E-state index < -0.39 is 0 Å². The first kappa shape index (κ1) is 15.5. The van der Waals surface area contributed by atoms with Gasteiger partial charge < -0.3 is 10.5 Å². The molecule has 114 valence electrons. The van der Waals surface area contributed by atoms with E-state index in [1.165, 1.54) is 6.42 Å². The third kappa shape index (κ3) is 3.83. The zero-order chi connectivity index (χ0) is 14.9. The molecule has 1 saturated carbocycles. The first-order chi connectivity index (χ1) is 9.27. The summed E-state index contributed by atoms with van der Waals surface area (Å²) >= 11 is 0. The molecule has 0 radical (unpaired) electrons. The van der Waals surface area contributed by atoms with Crippen LogP contribution in [0.1, 0.15) is 58.6 Å². The number of aryl methyl sites for hydroxylation is 1. The molecule has 4 heteroatoms. The van der Waals surface area contributed by atoms with E-state index in [1.807, 2.05) is 31.0 Å². The van der Waals surface area contributed by atoms with E-state index >= 15 is 0 Å². The number of aromatic nitrogens is 2. The third-order valence-corrected chi connectivity index (χ3v) is 4.22. The van der Waals surface area contributed by atoms with Crippen LogP contribution in [0.5, 0.6) is 0 Å². The maximum Gasteiger partial charge on any atom is 0.101 e. The van der Waals surface area contributed by atoms with Gasteiger partial charge in [0.05, 0.1) is 12.3 Å². The Bertz CT molecular complexity index is 439. The SMILES string of the molecule is CC1CC(OC(c2cnn(C)c2)C(C)N)CC(C)(C)C1. The largest absolute Gasteiger partial charge is 0.369 e. The van der Waals surface area contributed by atoms with E-state index in [-0.39, 0.29) is 12.1 Å². The second kappa shape index (κ2) is 5.86. The summed E-state index contributed by atoms with van der Waals surface area (Å²) in [6, 6.07) is -0.0282. The quantitative estimate of drug-likeness (QED) is 0.921. The van der Waals surface area contributed by atoms with E-state index in [1.54, 1.807) is 0 Å². The van der Waals surface area contributed by atoms with Crippen molar-refractivity contribution in [3.05, 3.63) is 18.0 Å². The van der Waals surface area contributed by atoms with Crippen LogP contribution in [-0.4, -0.2) is 21.9 Å². The summed E-state index contributed by atoms with van der Waals surface area (Å²) in [7, 11) is 1.92. The van der Waals surface area contributed by atoms with E-state index in [9.17, 15) is 0 Å². The van der Waals surface area contributed by atoms with Gasteiger partial charge in [-0.05, 0) is 37.5 Å². The van der Waals surface area contributed by atoms with E-state index in [4.69, 9.17) is 10.5 Å². The van der Waals surface area contributed by atoms with Crippen molar-refractivity contribution in [1.82, 2.24) is 9.78 Å². The van der Waals surface area contributed by atoms with Crippen LogP contribution < -0.4 is 5.73 Å². The maximum absolute atomic E-state index is 6.38. The maximum atomic E-state index is 6.38. The van der Waals surface area contributed by atoms with Crippen LogP contribution in [0.4, 0.5) is 0 Å². The summed E-state index contributed by atoms with van der Waals surface area (Å²) in [5.41, 5.74) is 7.58. The van der Waals surface area contributed by atoms with Crippen molar-refractivity contribution in [2.75, 3.05) is 0 Å². The van der Waals surface area contributed by atoms with Gasteiger partial charge in [-0.15, -0.1) is 0 Å². The highest BCUT2D eigenvalue weighted by atomic mass is 16.5. The van der Waals surface area contributed by atoms with Gasteiger partial charge in [-0.2, -0.15) is 5.10 Å². The number of rotatable bonds is 4. The minimum Gasteiger partial charge on any atom is -0.369 e. The zero-order valence-electron chi connectivity index (χ0n) is 13.5. The van der Waals surface area contributed by atoms with Gasteiger partial charge >= 0.3 is 0 Å². The molecule has 1 fully saturated rings. The molecule has 0 spiro atoms. The molecule has 0 aliphatic heterocycles.